The molecular weight excluding hydrogens is 254 g/mol. The van der Waals surface area contributed by atoms with Crippen molar-refractivity contribution in [1.29, 1.82) is 0 Å². The van der Waals surface area contributed by atoms with Crippen molar-refractivity contribution in [2.75, 3.05) is 18.9 Å². The highest BCUT2D eigenvalue weighted by Gasteiger charge is 2.53. The smallest absolute Gasteiger partial charge is 0.351 e. The van der Waals surface area contributed by atoms with Gasteiger partial charge < -0.3 is 25.8 Å². The summed E-state index contributed by atoms with van der Waals surface area (Å²) in [6, 6.07) is 1.40. The van der Waals surface area contributed by atoms with E-state index in [9.17, 15) is 20.1 Å². The van der Waals surface area contributed by atoms with E-state index in [-0.39, 0.29) is 19.0 Å². The van der Waals surface area contributed by atoms with Crippen LogP contribution in [0.4, 0.5) is 5.82 Å². The first-order chi connectivity index (χ1) is 8.93. The molecule has 2 heterocycles. The molecule has 0 bridgehead atoms. The topological polar surface area (TPSA) is 131 Å². The number of aromatic nitrogens is 2. The molecule has 0 aromatic carbocycles. The molecule has 1 fully saturated rings. The van der Waals surface area contributed by atoms with Crippen LogP contribution in [0.2, 0.25) is 0 Å². The van der Waals surface area contributed by atoms with Crippen LogP contribution in [0.15, 0.2) is 17.1 Å². The minimum absolute atomic E-state index is 0.0670. The Bertz CT molecular complexity index is 519. The van der Waals surface area contributed by atoms with Gasteiger partial charge in [0, 0.05) is 11.6 Å². The second-order valence-corrected chi connectivity index (χ2v) is 4.85. The molecule has 0 saturated carbocycles. The van der Waals surface area contributed by atoms with E-state index in [1.54, 1.807) is 6.92 Å². The quantitative estimate of drug-likeness (QED) is 0.503. The Morgan fingerprint density at radius 3 is 2.74 bits per heavy atom. The van der Waals surface area contributed by atoms with Gasteiger partial charge in [0.25, 0.3) is 0 Å². The van der Waals surface area contributed by atoms with Gasteiger partial charge in [-0.2, -0.15) is 4.98 Å². The average molecular weight is 271 g/mol. The predicted octanol–water partition coefficient (Wildman–Crippen LogP) is -1.93. The molecule has 106 valence electrons. The average Bonchev–Trinajstić information content (AvgIpc) is 2.63. The fraction of sp³-hybridized carbons (Fsp3) is 0.636. The molecule has 0 amide bonds. The lowest BCUT2D eigenvalue weighted by Gasteiger charge is -2.29. The first-order valence-electron chi connectivity index (χ1n) is 5.84. The van der Waals surface area contributed by atoms with Gasteiger partial charge in [-0.25, -0.2) is 4.79 Å². The third-order valence-electron chi connectivity index (χ3n) is 3.62. The maximum Gasteiger partial charge on any atom is 0.351 e. The normalized spacial score (nSPS) is 34.6. The van der Waals surface area contributed by atoms with E-state index >= 15 is 0 Å². The SMILES string of the molecule is C[C@@]1(CO)C(O)[C@H](n2ccc(N)nc2=O)O[C@@H]1CO. The van der Waals surface area contributed by atoms with E-state index in [0.29, 0.717) is 0 Å². The van der Waals surface area contributed by atoms with Crippen molar-refractivity contribution < 1.29 is 20.1 Å². The molecule has 19 heavy (non-hydrogen) atoms. The van der Waals surface area contributed by atoms with Gasteiger partial charge in [0.1, 0.15) is 11.9 Å². The predicted molar refractivity (Wildman–Crippen MR) is 65.1 cm³/mol. The third kappa shape index (κ3) is 2.12. The van der Waals surface area contributed by atoms with Gasteiger partial charge in [-0.05, 0) is 6.07 Å². The van der Waals surface area contributed by atoms with Crippen LogP contribution >= 0.6 is 0 Å². The van der Waals surface area contributed by atoms with Crippen LogP contribution in [0.25, 0.3) is 0 Å². The van der Waals surface area contributed by atoms with Crippen molar-refractivity contribution in [3.05, 3.63) is 22.7 Å². The highest BCUT2D eigenvalue weighted by atomic mass is 16.5. The fourth-order valence-corrected chi connectivity index (χ4v) is 2.20. The molecule has 1 aliphatic heterocycles. The summed E-state index contributed by atoms with van der Waals surface area (Å²) in [5, 5.41) is 28.9. The van der Waals surface area contributed by atoms with Crippen LogP contribution < -0.4 is 11.4 Å². The molecule has 8 heteroatoms. The van der Waals surface area contributed by atoms with Crippen molar-refractivity contribution in [2.24, 2.45) is 5.41 Å². The summed E-state index contributed by atoms with van der Waals surface area (Å²) in [6.45, 7) is 0.823. The van der Waals surface area contributed by atoms with Gasteiger partial charge >= 0.3 is 5.69 Å². The van der Waals surface area contributed by atoms with Crippen LogP contribution in [0.3, 0.4) is 0 Å². The van der Waals surface area contributed by atoms with Crippen LogP contribution in [0, 0.1) is 5.41 Å². The molecule has 1 saturated heterocycles. The molecule has 1 aromatic rings. The lowest BCUT2D eigenvalue weighted by Crippen LogP contribution is -2.43. The number of ether oxygens (including phenoxy) is 1. The highest BCUT2D eigenvalue weighted by molar-refractivity contribution is 5.23. The van der Waals surface area contributed by atoms with E-state index in [1.165, 1.54) is 12.3 Å². The molecule has 5 N–H and O–H groups in total. The number of hydrogen-bond acceptors (Lipinski definition) is 7. The zero-order valence-electron chi connectivity index (χ0n) is 10.4. The second kappa shape index (κ2) is 4.89. The number of nitrogen functional groups attached to an aromatic ring is 1. The first-order valence-corrected chi connectivity index (χ1v) is 5.84. The molecule has 4 atom stereocenters. The van der Waals surface area contributed by atoms with Gasteiger partial charge in [-0.3, -0.25) is 4.57 Å². The summed E-state index contributed by atoms with van der Waals surface area (Å²) < 4.78 is 6.55. The van der Waals surface area contributed by atoms with E-state index in [1.807, 2.05) is 0 Å². The Labute approximate surface area is 109 Å². The number of nitrogens with two attached hydrogens (primary N) is 1. The van der Waals surface area contributed by atoms with E-state index in [2.05, 4.69) is 4.98 Å². The number of rotatable bonds is 3. The Hall–Kier alpha value is -1.48. The fourth-order valence-electron chi connectivity index (χ4n) is 2.20. The molecule has 2 rings (SSSR count). The third-order valence-corrected chi connectivity index (χ3v) is 3.62. The van der Waals surface area contributed by atoms with Crippen LogP contribution in [-0.2, 0) is 4.74 Å². The van der Waals surface area contributed by atoms with Crippen LogP contribution in [-0.4, -0.2) is 50.3 Å². The summed E-state index contributed by atoms with van der Waals surface area (Å²) in [6.07, 6.45) is -1.59. The van der Waals surface area contributed by atoms with E-state index in [0.717, 1.165) is 4.57 Å². The molecular formula is C11H17N3O5. The highest BCUT2D eigenvalue weighted by Crippen LogP contribution is 2.42. The standard InChI is InChI=1S/C11H17N3O5/c1-11(5-16)6(4-15)19-9(8(11)17)14-3-2-7(12)13-10(14)18/h2-3,6,8-9,15-17H,4-5H2,1H3,(H2,12,13,18)/t6-,8?,9-,11+/m1/s1. The van der Waals surface area contributed by atoms with Crippen molar-refractivity contribution >= 4 is 5.82 Å². The van der Waals surface area contributed by atoms with Gasteiger partial charge in [-0.15, -0.1) is 0 Å². The zero-order valence-corrected chi connectivity index (χ0v) is 10.4. The van der Waals surface area contributed by atoms with Gasteiger partial charge in [0.05, 0.1) is 19.3 Å². The molecule has 8 nitrogen and oxygen atoms in total. The largest absolute Gasteiger partial charge is 0.396 e. The summed E-state index contributed by atoms with van der Waals surface area (Å²) in [5.74, 6) is 0.0670. The Morgan fingerprint density at radius 1 is 1.58 bits per heavy atom. The maximum atomic E-state index is 11.7. The Morgan fingerprint density at radius 2 is 2.26 bits per heavy atom. The van der Waals surface area contributed by atoms with Crippen molar-refractivity contribution in [2.45, 2.75) is 25.4 Å². The van der Waals surface area contributed by atoms with E-state index in [4.69, 9.17) is 10.5 Å². The molecule has 1 unspecified atom stereocenters. The second-order valence-electron chi connectivity index (χ2n) is 4.85. The van der Waals surface area contributed by atoms with Crippen molar-refractivity contribution in [1.82, 2.24) is 9.55 Å². The van der Waals surface area contributed by atoms with Crippen LogP contribution in [0.5, 0.6) is 0 Å². The summed E-state index contributed by atoms with van der Waals surface area (Å²) in [7, 11) is 0. The zero-order chi connectivity index (χ0) is 14.2. The number of aliphatic hydroxyl groups excluding tert-OH is 3. The molecule has 1 aromatic heterocycles. The number of anilines is 1. The Balaban J connectivity index is 2.39. The molecule has 0 spiro atoms. The van der Waals surface area contributed by atoms with Crippen molar-refractivity contribution in [3.8, 4) is 0 Å². The van der Waals surface area contributed by atoms with Crippen LogP contribution in [0.1, 0.15) is 13.2 Å². The minimum atomic E-state index is -1.15. The summed E-state index contributed by atoms with van der Waals surface area (Å²) in [5.41, 5.74) is 3.67. The first kappa shape index (κ1) is 13.9. The lowest BCUT2D eigenvalue weighted by atomic mass is 9.81. The number of aliphatic hydroxyl groups is 3. The minimum Gasteiger partial charge on any atom is -0.396 e. The molecule has 1 aliphatic rings. The van der Waals surface area contributed by atoms with Gasteiger partial charge in [0.2, 0.25) is 0 Å². The number of nitrogens with zero attached hydrogens (tertiary/aromatic N) is 2. The lowest BCUT2D eigenvalue weighted by molar-refractivity contribution is -0.0571. The van der Waals surface area contributed by atoms with Crippen molar-refractivity contribution in [3.63, 3.8) is 0 Å². The molecule has 0 aliphatic carbocycles. The van der Waals surface area contributed by atoms with E-state index < -0.39 is 29.5 Å². The van der Waals surface area contributed by atoms with Gasteiger partial charge in [0.15, 0.2) is 6.23 Å². The van der Waals surface area contributed by atoms with Gasteiger partial charge in [-0.1, -0.05) is 6.92 Å². The Kier molecular flexibility index (Phi) is 3.59. The monoisotopic (exact) mass is 271 g/mol. The number of hydrogen-bond donors (Lipinski definition) is 4. The molecule has 0 radical (unpaired) electrons. The summed E-state index contributed by atoms with van der Waals surface area (Å²) in [4.78, 5) is 15.3. The maximum absolute atomic E-state index is 11.7. The summed E-state index contributed by atoms with van der Waals surface area (Å²) >= 11 is 0.